The standard InChI is InChI=1S/C20H32N2O3/c1-25-19(24)22-11-8-20(14-22)12-16(13-20)21-9-6-15(7-10-21)17-4-2-3-5-18(17)23/h15-17H,2-14H2,1H3. The highest BCUT2D eigenvalue weighted by atomic mass is 16.5. The fraction of sp³-hybridized carbons (Fsp3) is 0.900. The van der Waals surface area contributed by atoms with Gasteiger partial charge in [0, 0.05) is 31.5 Å². The van der Waals surface area contributed by atoms with Crippen LogP contribution >= 0.6 is 0 Å². The number of rotatable bonds is 2. The van der Waals surface area contributed by atoms with Gasteiger partial charge in [-0.1, -0.05) is 6.42 Å². The molecule has 1 atom stereocenters. The molecule has 4 fully saturated rings. The average Bonchev–Trinajstić information content (AvgIpc) is 3.06. The minimum Gasteiger partial charge on any atom is -0.453 e. The van der Waals surface area contributed by atoms with E-state index in [1.807, 2.05) is 4.90 Å². The molecule has 5 heteroatoms. The molecule has 25 heavy (non-hydrogen) atoms. The van der Waals surface area contributed by atoms with E-state index in [0.717, 1.165) is 51.9 Å². The van der Waals surface area contributed by atoms with Gasteiger partial charge in [-0.05, 0) is 69.4 Å². The zero-order chi connectivity index (χ0) is 17.4. The van der Waals surface area contributed by atoms with E-state index in [-0.39, 0.29) is 6.09 Å². The number of ketones is 1. The predicted octanol–water partition coefficient (Wildman–Crippen LogP) is 3.08. The molecule has 5 nitrogen and oxygen atoms in total. The lowest BCUT2D eigenvalue weighted by molar-refractivity contribution is -0.127. The second-order valence-electron chi connectivity index (χ2n) is 8.90. The maximum Gasteiger partial charge on any atom is 0.409 e. The summed E-state index contributed by atoms with van der Waals surface area (Å²) in [5, 5.41) is 0. The smallest absolute Gasteiger partial charge is 0.409 e. The number of amides is 1. The molecule has 0 N–H and O–H groups in total. The molecule has 0 radical (unpaired) electrons. The Balaban J connectivity index is 1.24. The summed E-state index contributed by atoms with van der Waals surface area (Å²) in [5.74, 6) is 1.55. The molecule has 2 saturated heterocycles. The normalized spacial score (nSPS) is 37.3. The van der Waals surface area contributed by atoms with E-state index < -0.39 is 0 Å². The Bertz CT molecular complexity index is 521. The Morgan fingerprint density at radius 3 is 2.56 bits per heavy atom. The van der Waals surface area contributed by atoms with E-state index >= 15 is 0 Å². The molecule has 4 aliphatic rings. The first-order valence-electron chi connectivity index (χ1n) is 10.2. The van der Waals surface area contributed by atoms with Crippen molar-refractivity contribution in [2.75, 3.05) is 33.3 Å². The monoisotopic (exact) mass is 348 g/mol. The molecule has 4 rings (SSSR count). The summed E-state index contributed by atoms with van der Waals surface area (Å²) in [6.07, 6.45) is 10.2. The number of carbonyl (C=O) groups is 2. The Morgan fingerprint density at radius 1 is 1.12 bits per heavy atom. The van der Waals surface area contributed by atoms with Crippen LogP contribution in [0.5, 0.6) is 0 Å². The van der Waals surface area contributed by atoms with Gasteiger partial charge in [0.2, 0.25) is 0 Å². The maximum absolute atomic E-state index is 12.2. The van der Waals surface area contributed by atoms with E-state index in [1.165, 1.54) is 39.2 Å². The van der Waals surface area contributed by atoms with Crippen molar-refractivity contribution in [3.05, 3.63) is 0 Å². The average molecular weight is 348 g/mol. The number of methoxy groups -OCH3 is 1. The lowest BCUT2D eigenvalue weighted by Gasteiger charge is -2.52. The molecule has 1 spiro atoms. The van der Waals surface area contributed by atoms with Gasteiger partial charge in [-0.2, -0.15) is 0 Å². The minimum absolute atomic E-state index is 0.168. The summed E-state index contributed by atoms with van der Waals surface area (Å²) in [5.41, 5.74) is 0.356. The van der Waals surface area contributed by atoms with Crippen molar-refractivity contribution in [2.24, 2.45) is 17.3 Å². The molecular weight excluding hydrogens is 316 g/mol. The van der Waals surface area contributed by atoms with Crippen molar-refractivity contribution in [1.29, 1.82) is 0 Å². The van der Waals surface area contributed by atoms with Crippen molar-refractivity contribution in [3.8, 4) is 0 Å². The van der Waals surface area contributed by atoms with Crippen molar-refractivity contribution >= 4 is 11.9 Å². The molecule has 0 aromatic heterocycles. The van der Waals surface area contributed by atoms with Crippen LogP contribution in [0.4, 0.5) is 4.79 Å². The predicted molar refractivity (Wildman–Crippen MR) is 95.3 cm³/mol. The van der Waals surface area contributed by atoms with E-state index in [9.17, 15) is 9.59 Å². The third-order valence-corrected chi connectivity index (χ3v) is 7.47. The van der Waals surface area contributed by atoms with Crippen LogP contribution in [0.25, 0.3) is 0 Å². The zero-order valence-electron chi connectivity index (χ0n) is 15.5. The number of nitrogens with zero attached hydrogens (tertiary/aromatic N) is 2. The first kappa shape index (κ1) is 17.3. The lowest BCUT2D eigenvalue weighted by atomic mass is 9.64. The van der Waals surface area contributed by atoms with Crippen LogP contribution in [0.1, 0.15) is 57.8 Å². The third kappa shape index (κ3) is 3.32. The fourth-order valence-corrected chi connectivity index (χ4v) is 5.95. The molecule has 140 valence electrons. The molecule has 0 aromatic rings. The largest absolute Gasteiger partial charge is 0.453 e. The molecule has 2 aliphatic heterocycles. The minimum atomic E-state index is -0.168. The molecule has 0 bridgehead atoms. The topological polar surface area (TPSA) is 49.9 Å². The molecule has 2 saturated carbocycles. The van der Waals surface area contributed by atoms with Gasteiger partial charge < -0.3 is 14.5 Å². The number of carbonyl (C=O) groups excluding carboxylic acids is 2. The molecular formula is C20H32N2O3. The van der Waals surface area contributed by atoms with Crippen LogP contribution in [-0.2, 0) is 9.53 Å². The van der Waals surface area contributed by atoms with Gasteiger partial charge in [-0.3, -0.25) is 4.79 Å². The van der Waals surface area contributed by atoms with Crippen LogP contribution < -0.4 is 0 Å². The van der Waals surface area contributed by atoms with E-state index in [0.29, 0.717) is 29.1 Å². The van der Waals surface area contributed by atoms with Crippen molar-refractivity contribution in [3.63, 3.8) is 0 Å². The summed E-state index contributed by atoms with van der Waals surface area (Å²) >= 11 is 0. The number of Topliss-reactive ketones (excluding diaryl/α,β-unsaturated/α-hetero) is 1. The first-order valence-corrected chi connectivity index (χ1v) is 10.2. The molecule has 1 unspecified atom stereocenters. The second kappa shape index (κ2) is 6.90. The van der Waals surface area contributed by atoms with Gasteiger partial charge in [0.15, 0.2) is 0 Å². The second-order valence-corrected chi connectivity index (χ2v) is 8.90. The van der Waals surface area contributed by atoms with Crippen LogP contribution in [0.3, 0.4) is 0 Å². The number of hydrogen-bond donors (Lipinski definition) is 0. The summed E-state index contributed by atoms with van der Waals surface area (Å²) in [7, 11) is 1.47. The summed E-state index contributed by atoms with van der Waals surface area (Å²) in [6, 6.07) is 0.695. The summed E-state index contributed by atoms with van der Waals surface area (Å²) in [4.78, 5) is 28.4. The third-order valence-electron chi connectivity index (χ3n) is 7.47. The van der Waals surface area contributed by atoms with Gasteiger partial charge in [0.1, 0.15) is 5.78 Å². The Hall–Kier alpha value is -1.10. The molecule has 1 amide bonds. The van der Waals surface area contributed by atoms with Gasteiger partial charge in [0.05, 0.1) is 7.11 Å². The number of ether oxygens (including phenoxy) is 1. The molecule has 2 heterocycles. The van der Waals surface area contributed by atoms with Gasteiger partial charge >= 0.3 is 6.09 Å². The number of likely N-dealkylation sites (tertiary alicyclic amines) is 2. The van der Waals surface area contributed by atoms with E-state index in [2.05, 4.69) is 4.90 Å². The van der Waals surface area contributed by atoms with Crippen molar-refractivity contribution in [1.82, 2.24) is 9.80 Å². The Morgan fingerprint density at radius 2 is 1.88 bits per heavy atom. The van der Waals surface area contributed by atoms with Crippen LogP contribution in [0, 0.1) is 17.3 Å². The Kier molecular flexibility index (Phi) is 4.78. The van der Waals surface area contributed by atoms with E-state index in [4.69, 9.17) is 4.74 Å². The highest BCUT2D eigenvalue weighted by Gasteiger charge is 2.51. The zero-order valence-corrected chi connectivity index (χ0v) is 15.5. The lowest BCUT2D eigenvalue weighted by Crippen LogP contribution is -2.54. The maximum atomic E-state index is 12.2. The molecule has 0 aromatic carbocycles. The van der Waals surface area contributed by atoms with Gasteiger partial charge in [0.25, 0.3) is 0 Å². The van der Waals surface area contributed by atoms with Crippen LogP contribution in [0.2, 0.25) is 0 Å². The summed E-state index contributed by atoms with van der Waals surface area (Å²) in [6.45, 7) is 4.06. The fourth-order valence-electron chi connectivity index (χ4n) is 5.95. The van der Waals surface area contributed by atoms with Gasteiger partial charge in [-0.15, -0.1) is 0 Å². The first-order chi connectivity index (χ1) is 12.1. The highest BCUT2D eigenvalue weighted by Crippen LogP contribution is 2.51. The SMILES string of the molecule is COC(=O)N1CCC2(CC(N3CCC(C4CCCCC4=O)CC3)C2)C1. The summed E-state index contributed by atoms with van der Waals surface area (Å²) < 4.78 is 4.87. The highest BCUT2D eigenvalue weighted by molar-refractivity contribution is 5.81. The van der Waals surface area contributed by atoms with Crippen molar-refractivity contribution in [2.45, 2.75) is 63.8 Å². The van der Waals surface area contributed by atoms with Crippen LogP contribution in [-0.4, -0.2) is 61.0 Å². The number of piperidine rings is 1. The Labute approximate surface area is 151 Å². The van der Waals surface area contributed by atoms with E-state index in [1.54, 1.807) is 0 Å². The quantitative estimate of drug-likeness (QED) is 0.769. The van der Waals surface area contributed by atoms with Gasteiger partial charge in [-0.25, -0.2) is 4.79 Å². The number of hydrogen-bond acceptors (Lipinski definition) is 4. The van der Waals surface area contributed by atoms with Crippen molar-refractivity contribution < 1.29 is 14.3 Å². The molecule has 2 aliphatic carbocycles. The van der Waals surface area contributed by atoms with Crippen LogP contribution in [0.15, 0.2) is 0 Å².